The summed E-state index contributed by atoms with van der Waals surface area (Å²) in [5.41, 5.74) is 0.737. The van der Waals surface area contributed by atoms with Crippen LogP contribution in [0.15, 0.2) is 43.0 Å². The van der Waals surface area contributed by atoms with E-state index >= 15 is 0 Å². The van der Waals surface area contributed by atoms with Gasteiger partial charge in [0.2, 0.25) is 0 Å². The Labute approximate surface area is 102 Å². The van der Waals surface area contributed by atoms with Crippen LogP contribution in [0.3, 0.4) is 0 Å². The zero-order valence-corrected chi connectivity index (χ0v) is 9.31. The molecule has 0 radical (unpaired) electrons. The van der Waals surface area contributed by atoms with E-state index in [2.05, 4.69) is 4.98 Å². The van der Waals surface area contributed by atoms with Gasteiger partial charge >= 0.3 is 0 Å². The van der Waals surface area contributed by atoms with Crippen molar-refractivity contribution in [2.45, 2.75) is 6.73 Å². The van der Waals surface area contributed by atoms with Gasteiger partial charge in [-0.2, -0.15) is 0 Å². The van der Waals surface area contributed by atoms with E-state index in [0.717, 1.165) is 5.06 Å². The Kier molecular flexibility index (Phi) is 2.42. The highest BCUT2D eigenvalue weighted by Gasteiger charge is 2.36. The van der Waals surface area contributed by atoms with E-state index in [-0.39, 0.29) is 6.73 Å². The monoisotopic (exact) mass is 243 g/mol. The summed E-state index contributed by atoms with van der Waals surface area (Å²) in [7, 11) is 0. The maximum atomic E-state index is 11.9. The topological polar surface area (TPSA) is 64.4 Å². The minimum absolute atomic E-state index is 0.0610. The van der Waals surface area contributed by atoms with E-state index in [0.29, 0.717) is 11.1 Å². The van der Waals surface area contributed by atoms with E-state index in [1.54, 1.807) is 41.2 Å². The number of imide groups is 1. The number of benzene rings is 1. The molecule has 0 spiro atoms. The third-order valence-electron chi connectivity index (χ3n) is 2.65. The summed E-state index contributed by atoms with van der Waals surface area (Å²) in [6.45, 7) is 0.0610. The molecule has 0 unspecified atom stereocenters. The van der Waals surface area contributed by atoms with Crippen LogP contribution in [-0.2, 0) is 11.6 Å². The van der Waals surface area contributed by atoms with Crippen molar-refractivity contribution < 1.29 is 14.4 Å². The molecule has 1 aromatic carbocycles. The van der Waals surface area contributed by atoms with Gasteiger partial charge in [-0.05, 0) is 12.1 Å². The van der Waals surface area contributed by atoms with E-state index in [1.165, 1.54) is 6.33 Å². The minimum atomic E-state index is -0.435. The number of hydrogen-bond donors (Lipinski definition) is 0. The highest BCUT2D eigenvalue weighted by atomic mass is 16.7. The number of hydroxylamine groups is 2. The van der Waals surface area contributed by atoms with Crippen LogP contribution in [0.5, 0.6) is 0 Å². The Morgan fingerprint density at radius 2 is 1.78 bits per heavy atom. The second kappa shape index (κ2) is 4.08. The number of amides is 2. The first-order valence-corrected chi connectivity index (χ1v) is 5.34. The molecule has 2 amide bonds. The molecule has 2 aromatic rings. The van der Waals surface area contributed by atoms with Crippen molar-refractivity contribution in [2.75, 3.05) is 0 Å². The summed E-state index contributed by atoms with van der Waals surface area (Å²) in [5.74, 6) is -0.869. The van der Waals surface area contributed by atoms with Gasteiger partial charge < -0.3 is 4.57 Å². The average Bonchev–Trinajstić information content (AvgIpc) is 2.98. The molecule has 0 aliphatic carbocycles. The molecule has 0 N–H and O–H groups in total. The highest BCUT2D eigenvalue weighted by molar-refractivity contribution is 6.20. The Balaban J connectivity index is 1.80. The Morgan fingerprint density at radius 1 is 1.11 bits per heavy atom. The van der Waals surface area contributed by atoms with Crippen LogP contribution in [0, 0.1) is 0 Å². The van der Waals surface area contributed by atoms with Crippen LogP contribution in [0.1, 0.15) is 20.7 Å². The molecule has 90 valence electrons. The van der Waals surface area contributed by atoms with E-state index in [1.807, 2.05) is 0 Å². The van der Waals surface area contributed by atoms with Gasteiger partial charge in [-0.1, -0.05) is 12.1 Å². The molecule has 1 aliphatic rings. The van der Waals surface area contributed by atoms with Gasteiger partial charge in [-0.3, -0.25) is 9.59 Å². The van der Waals surface area contributed by atoms with Crippen LogP contribution >= 0.6 is 0 Å². The Morgan fingerprint density at radius 3 is 2.33 bits per heavy atom. The van der Waals surface area contributed by atoms with Gasteiger partial charge in [-0.15, -0.1) is 5.06 Å². The predicted molar refractivity (Wildman–Crippen MR) is 60.3 cm³/mol. The van der Waals surface area contributed by atoms with Crippen molar-refractivity contribution in [3.8, 4) is 0 Å². The quantitative estimate of drug-likeness (QED) is 0.756. The molecule has 0 fully saturated rings. The summed E-state index contributed by atoms with van der Waals surface area (Å²) in [6.07, 6.45) is 4.81. The van der Waals surface area contributed by atoms with Crippen LogP contribution in [0.4, 0.5) is 0 Å². The lowest BCUT2D eigenvalue weighted by atomic mass is 10.1. The molecule has 1 aliphatic heterocycles. The number of rotatable bonds is 3. The summed E-state index contributed by atoms with van der Waals surface area (Å²) in [5, 5.41) is 0.782. The number of fused-ring (bicyclic) bond motifs is 1. The lowest BCUT2D eigenvalue weighted by molar-refractivity contribution is -0.120. The van der Waals surface area contributed by atoms with Crippen LogP contribution in [0.2, 0.25) is 0 Å². The van der Waals surface area contributed by atoms with E-state index < -0.39 is 11.8 Å². The van der Waals surface area contributed by atoms with Gasteiger partial charge in [0.25, 0.3) is 11.8 Å². The third kappa shape index (κ3) is 1.59. The molecule has 2 heterocycles. The Hall–Kier alpha value is -2.47. The van der Waals surface area contributed by atoms with Crippen molar-refractivity contribution in [1.82, 2.24) is 14.6 Å². The van der Waals surface area contributed by atoms with Crippen LogP contribution in [-0.4, -0.2) is 26.4 Å². The van der Waals surface area contributed by atoms with E-state index in [9.17, 15) is 9.59 Å². The van der Waals surface area contributed by atoms with Gasteiger partial charge in [0.05, 0.1) is 17.5 Å². The average molecular weight is 243 g/mol. The minimum Gasteiger partial charge on any atom is -0.311 e. The van der Waals surface area contributed by atoms with Gasteiger partial charge in [-0.25, -0.2) is 9.82 Å². The first-order valence-electron chi connectivity index (χ1n) is 5.34. The van der Waals surface area contributed by atoms with Crippen LogP contribution < -0.4 is 0 Å². The first kappa shape index (κ1) is 10.7. The van der Waals surface area contributed by atoms with E-state index in [4.69, 9.17) is 4.84 Å². The molecule has 6 nitrogen and oxygen atoms in total. The molecular weight excluding hydrogens is 234 g/mol. The third-order valence-corrected chi connectivity index (χ3v) is 2.65. The normalized spacial score (nSPS) is 14.1. The number of carbonyl (C=O) groups is 2. The standard InChI is InChI=1S/C12H9N3O3/c16-11-9-3-1-2-4-10(9)12(17)15(11)18-8-14-6-5-13-7-14/h1-7H,8H2. The van der Waals surface area contributed by atoms with Crippen molar-refractivity contribution in [1.29, 1.82) is 0 Å². The first-order chi connectivity index (χ1) is 8.77. The van der Waals surface area contributed by atoms with Gasteiger partial charge in [0, 0.05) is 12.4 Å². The van der Waals surface area contributed by atoms with Crippen molar-refractivity contribution in [2.24, 2.45) is 0 Å². The molecule has 0 bridgehead atoms. The van der Waals surface area contributed by atoms with Gasteiger partial charge in [0.15, 0.2) is 6.73 Å². The van der Waals surface area contributed by atoms with Crippen LogP contribution in [0.25, 0.3) is 0 Å². The molecule has 0 saturated heterocycles. The predicted octanol–water partition coefficient (Wildman–Crippen LogP) is 1.07. The number of imidazole rings is 1. The molecule has 0 atom stereocenters. The maximum absolute atomic E-state index is 11.9. The highest BCUT2D eigenvalue weighted by Crippen LogP contribution is 2.22. The summed E-state index contributed by atoms with van der Waals surface area (Å²) in [4.78, 5) is 32.9. The smallest absolute Gasteiger partial charge is 0.285 e. The fraction of sp³-hybridized carbons (Fsp3) is 0.0833. The van der Waals surface area contributed by atoms with Crippen molar-refractivity contribution in [3.63, 3.8) is 0 Å². The summed E-state index contributed by atoms with van der Waals surface area (Å²) in [6, 6.07) is 6.64. The maximum Gasteiger partial charge on any atom is 0.285 e. The van der Waals surface area contributed by atoms with Crippen molar-refractivity contribution >= 4 is 11.8 Å². The SMILES string of the molecule is O=C1c2ccccc2C(=O)N1OCn1ccnc1. The second-order valence-electron chi connectivity index (χ2n) is 3.79. The Bertz CT molecular complexity index is 572. The molecule has 0 saturated carbocycles. The number of hydrogen-bond acceptors (Lipinski definition) is 4. The summed E-state index contributed by atoms with van der Waals surface area (Å²) >= 11 is 0. The summed E-state index contributed by atoms with van der Waals surface area (Å²) < 4.78 is 1.61. The van der Waals surface area contributed by atoms with Gasteiger partial charge in [0.1, 0.15) is 0 Å². The number of nitrogens with zero attached hydrogens (tertiary/aromatic N) is 3. The molecule has 6 heteroatoms. The molecule has 18 heavy (non-hydrogen) atoms. The molecule has 3 rings (SSSR count). The zero-order chi connectivity index (χ0) is 12.5. The lowest BCUT2D eigenvalue weighted by Gasteiger charge is -2.13. The van der Waals surface area contributed by atoms with Crippen molar-refractivity contribution in [3.05, 3.63) is 54.1 Å². The zero-order valence-electron chi connectivity index (χ0n) is 9.31. The fourth-order valence-corrected chi connectivity index (χ4v) is 1.77. The molecular formula is C12H9N3O3. The molecule has 1 aromatic heterocycles. The number of aromatic nitrogens is 2. The fourth-order valence-electron chi connectivity index (χ4n) is 1.77. The largest absolute Gasteiger partial charge is 0.311 e. The number of carbonyl (C=O) groups excluding carboxylic acids is 2. The second-order valence-corrected chi connectivity index (χ2v) is 3.79. The lowest BCUT2D eigenvalue weighted by Crippen LogP contribution is -2.30.